The van der Waals surface area contributed by atoms with E-state index < -0.39 is 47.5 Å². The second kappa shape index (κ2) is 5.47. The van der Waals surface area contributed by atoms with E-state index in [2.05, 4.69) is 6.58 Å². The van der Waals surface area contributed by atoms with E-state index in [1.807, 2.05) is 0 Å². The number of hydrogen-bond donors (Lipinski definition) is 0. The zero-order valence-corrected chi connectivity index (χ0v) is 11.4. The van der Waals surface area contributed by atoms with E-state index in [0.717, 1.165) is 0 Å². The molecule has 0 aliphatic rings. The van der Waals surface area contributed by atoms with Gasteiger partial charge in [0.1, 0.15) is 0 Å². The lowest BCUT2D eigenvalue weighted by atomic mass is 9.80. The van der Waals surface area contributed by atoms with Crippen LogP contribution >= 0.6 is 0 Å². The molecule has 0 aromatic carbocycles. The van der Waals surface area contributed by atoms with Crippen molar-refractivity contribution in [1.29, 1.82) is 0 Å². The summed E-state index contributed by atoms with van der Waals surface area (Å²) in [6, 6.07) is 0. The van der Waals surface area contributed by atoms with E-state index in [1.165, 1.54) is 0 Å². The molecule has 0 bridgehead atoms. The third-order valence-corrected chi connectivity index (χ3v) is 3.16. The molecule has 0 saturated carbocycles. The summed E-state index contributed by atoms with van der Waals surface area (Å²) < 4.78 is 154. The van der Waals surface area contributed by atoms with Gasteiger partial charge in [-0.2, -0.15) is 48.3 Å². The van der Waals surface area contributed by atoms with Crippen LogP contribution in [-0.2, 0) is 0 Å². The van der Waals surface area contributed by atoms with Crippen molar-refractivity contribution in [3.8, 4) is 0 Å². The predicted molar refractivity (Wildman–Crippen MR) is 54.7 cm³/mol. The second-order valence-electron chi connectivity index (χ2n) is 4.92. The van der Waals surface area contributed by atoms with Gasteiger partial charge in [-0.05, 0) is 12.0 Å². The van der Waals surface area contributed by atoms with E-state index >= 15 is 0 Å². The smallest absolute Gasteiger partial charge is 0.232 e. The molecule has 138 valence electrons. The van der Waals surface area contributed by atoms with Gasteiger partial charge in [0, 0.05) is 0 Å². The Bertz CT molecular complexity index is 446. The Kier molecular flexibility index (Phi) is 5.21. The first-order valence-electron chi connectivity index (χ1n) is 5.66. The molecule has 0 spiro atoms. The van der Waals surface area contributed by atoms with Crippen LogP contribution in [0.15, 0.2) is 12.7 Å². The first-order chi connectivity index (χ1) is 9.75. The van der Waals surface area contributed by atoms with Crippen LogP contribution < -0.4 is 0 Å². The third kappa shape index (κ3) is 2.67. The fraction of sp³-hybridized carbons (Fsp3) is 0.818. The molecule has 0 radical (unpaired) electrons. The SMILES string of the molecule is C=CC(F)(C(C)C)C(F)(F)C(F)(F)C(F)(F)C(F)(F)C(F)(F)F. The van der Waals surface area contributed by atoms with Gasteiger partial charge >= 0.3 is 29.9 Å². The highest BCUT2D eigenvalue weighted by Crippen LogP contribution is 2.61. The zero-order valence-electron chi connectivity index (χ0n) is 11.4. The number of alkyl halides is 12. The highest BCUT2D eigenvalue weighted by Gasteiger charge is 2.89. The summed E-state index contributed by atoms with van der Waals surface area (Å²) in [6.45, 7) is 3.37. The lowest BCUT2D eigenvalue weighted by Crippen LogP contribution is -2.71. The Balaban J connectivity index is 6.41. The van der Waals surface area contributed by atoms with E-state index in [1.54, 1.807) is 0 Å². The van der Waals surface area contributed by atoms with Crippen LogP contribution in [0.25, 0.3) is 0 Å². The number of rotatable bonds is 6. The highest BCUT2D eigenvalue weighted by molar-refractivity contribution is 5.18. The van der Waals surface area contributed by atoms with E-state index in [0.29, 0.717) is 13.8 Å². The summed E-state index contributed by atoms with van der Waals surface area (Å²) in [5.41, 5.74) is -4.68. The Hall–Kier alpha value is -1.10. The van der Waals surface area contributed by atoms with E-state index in [4.69, 9.17) is 0 Å². The quantitative estimate of drug-likeness (QED) is 0.419. The van der Waals surface area contributed by atoms with Crippen LogP contribution in [0.2, 0.25) is 0 Å². The highest BCUT2D eigenvalue weighted by atomic mass is 19.4. The predicted octanol–water partition coefficient (Wildman–Crippen LogP) is 5.64. The van der Waals surface area contributed by atoms with Crippen molar-refractivity contribution in [2.24, 2.45) is 5.92 Å². The molecular formula is C11H10F12. The van der Waals surface area contributed by atoms with Crippen molar-refractivity contribution in [2.75, 3.05) is 0 Å². The Labute approximate surface area is 122 Å². The molecule has 0 heterocycles. The van der Waals surface area contributed by atoms with Crippen LogP contribution in [0.1, 0.15) is 13.8 Å². The number of allylic oxidation sites excluding steroid dienone is 1. The van der Waals surface area contributed by atoms with Gasteiger partial charge in [-0.3, -0.25) is 0 Å². The van der Waals surface area contributed by atoms with Gasteiger partial charge in [0.15, 0.2) is 0 Å². The van der Waals surface area contributed by atoms with Crippen LogP contribution in [0.5, 0.6) is 0 Å². The van der Waals surface area contributed by atoms with Gasteiger partial charge in [-0.1, -0.05) is 20.4 Å². The minimum absolute atomic E-state index is 0.492. The van der Waals surface area contributed by atoms with Crippen molar-refractivity contribution >= 4 is 0 Å². The third-order valence-electron chi connectivity index (χ3n) is 3.16. The topological polar surface area (TPSA) is 0 Å². The van der Waals surface area contributed by atoms with Gasteiger partial charge in [-0.15, -0.1) is 0 Å². The average Bonchev–Trinajstić information content (AvgIpc) is 2.34. The van der Waals surface area contributed by atoms with Crippen molar-refractivity contribution in [3.63, 3.8) is 0 Å². The molecule has 0 nitrogen and oxygen atoms in total. The monoisotopic (exact) mass is 370 g/mol. The molecule has 0 N–H and O–H groups in total. The fourth-order valence-corrected chi connectivity index (χ4v) is 1.54. The van der Waals surface area contributed by atoms with Crippen molar-refractivity contribution < 1.29 is 52.7 Å². The second-order valence-corrected chi connectivity index (χ2v) is 4.92. The van der Waals surface area contributed by atoms with Gasteiger partial charge in [0.25, 0.3) is 0 Å². The van der Waals surface area contributed by atoms with Gasteiger partial charge in [0.2, 0.25) is 5.67 Å². The van der Waals surface area contributed by atoms with E-state index in [-0.39, 0.29) is 0 Å². The van der Waals surface area contributed by atoms with Crippen LogP contribution in [0.3, 0.4) is 0 Å². The molecule has 0 aliphatic heterocycles. The van der Waals surface area contributed by atoms with Crippen LogP contribution in [-0.4, -0.2) is 35.5 Å². The average molecular weight is 370 g/mol. The first kappa shape index (κ1) is 21.9. The molecule has 0 amide bonds. The maximum absolute atomic E-state index is 13.9. The summed E-state index contributed by atoms with van der Waals surface area (Å²) in [5, 5.41) is 0. The van der Waals surface area contributed by atoms with Gasteiger partial charge in [-0.25, -0.2) is 4.39 Å². The minimum atomic E-state index is -7.63. The molecule has 0 aliphatic carbocycles. The first-order valence-corrected chi connectivity index (χ1v) is 5.66. The minimum Gasteiger partial charge on any atom is -0.232 e. The molecule has 1 unspecified atom stereocenters. The largest absolute Gasteiger partial charge is 0.460 e. The summed E-state index contributed by atoms with van der Waals surface area (Å²) in [4.78, 5) is 0. The van der Waals surface area contributed by atoms with Crippen LogP contribution in [0, 0.1) is 5.92 Å². The Morgan fingerprint density at radius 2 is 0.913 bits per heavy atom. The van der Waals surface area contributed by atoms with Gasteiger partial charge < -0.3 is 0 Å². The molecule has 0 aromatic rings. The Morgan fingerprint density at radius 3 is 1.13 bits per heavy atom. The summed E-state index contributed by atoms with van der Waals surface area (Å²) in [5.74, 6) is -31.4. The zero-order chi connectivity index (χ0) is 19.3. The Morgan fingerprint density at radius 1 is 0.609 bits per heavy atom. The van der Waals surface area contributed by atoms with Gasteiger partial charge in [0.05, 0.1) is 0 Å². The number of halogens is 12. The molecule has 0 saturated heterocycles. The van der Waals surface area contributed by atoms with E-state index in [9.17, 15) is 52.7 Å². The maximum atomic E-state index is 13.9. The molecule has 23 heavy (non-hydrogen) atoms. The fourth-order valence-electron chi connectivity index (χ4n) is 1.54. The number of hydrogen-bond acceptors (Lipinski definition) is 0. The normalized spacial score (nSPS) is 18.0. The van der Waals surface area contributed by atoms with Crippen LogP contribution in [0.4, 0.5) is 52.7 Å². The molecule has 1 atom stereocenters. The summed E-state index contributed by atoms with van der Waals surface area (Å²) >= 11 is 0. The molecular weight excluding hydrogens is 360 g/mol. The van der Waals surface area contributed by atoms with Crippen molar-refractivity contribution in [2.45, 2.75) is 49.4 Å². The van der Waals surface area contributed by atoms with Crippen molar-refractivity contribution in [1.82, 2.24) is 0 Å². The van der Waals surface area contributed by atoms with Crippen molar-refractivity contribution in [3.05, 3.63) is 12.7 Å². The maximum Gasteiger partial charge on any atom is 0.460 e. The summed E-state index contributed by atoms with van der Waals surface area (Å²) in [7, 11) is 0. The lowest BCUT2D eigenvalue weighted by Gasteiger charge is -2.43. The molecule has 0 aromatic heterocycles. The summed E-state index contributed by atoms with van der Waals surface area (Å²) in [6.07, 6.45) is -7.83. The molecule has 0 rings (SSSR count). The molecule has 12 heteroatoms. The molecule has 0 fully saturated rings. The lowest BCUT2D eigenvalue weighted by molar-refractivity contribution is -0.431. The standard InChI is InChI=1S/C11H10F12/c1-4-6(12,5(2)3)7(13,14)8(15,16)9(17,18)10(19,20)11(21,22)23/h4-5H,1H2,2-3H3.